The average Bonchev–Trinajstić information content (AvgIpc) is 3.29. The molecule has 4 rings (SSSR count). The number of carbonyl (C=O) groups excluding carboxylic acids is 1. The lowest BCUT2D eigenvalue weighted by atomic mass is 9.97. The molecule has 160 valence electrons. The maximum Gasteiger partial charge on any atom is 0.293 e. The molecule has 0 bridgehead atoms. The summed E-state index contributed by atoms with van der Waals surface area (Å²) in [6.07, 6.45) is 1.56. The minimum Gasteiger partial charge on any atom is -0.365 e. The zero-order valence-corrected chi connectivity index (χ0v) is 16.7. The number of hydrogen-bond donors (Lipinski definition) is 1. The van der Waals surface area contributed by atoms with Crippen LogP contribution in [0.2, 0.25) is 0 Å². The number of nitrogens with one attached hydrogen (secondary N) is 1. The molecule has 1 aliphatic rings. The Labute approximate surface area is 177 Å². The molecule has 1 aromatic heterocycles. The Kier molecular flexibility index (Phi) is 5.61. The average molecular weight is 425 g/mol. The number of halogens is 1. The van der Waals surface area contributed by atoms with Gasteiger partial charge in [0.05, 0.1) is 10.8 Å². The maximum atomic E-state index is 13.5. The second-order valence-electron chi connectivity index (χ2n) is 7.29. The molecule has 10 heteroatoms. The summed E-state index contributed by atoms with van der Waals surface area (Å²) in [6, 6.07) is 10.4. The second-order valence-corrected chi connectivity index (χ2v) is 7.29. The molecule has 3 aromatic rings. The van der Waals surface area contributed by atoms with Gasteiger partial charge >= 0.3 is 0 Å². The van der Waals surface area contributed by atoms with Crippen molar-refractivity contribution < 1.29 is 18.6 Å². The maximum absolute atomic E-state index is 13.5. The predicted octanol–water partition coefficient (Wildman–Crippen LogP) is 3.53. The van der Waals surface area contributed by atoms with Gasteiger partial charge in [-0.3, -0.25) is 14.9 Å². The first-order chi connectivity index (χ1) is 15.0. The standard InChI is InChI=1S/C21H20FN5O4/c1-23-20(28)14-7-8-17(18(11-14)27(29)30)26-9-3-5-15(12-26)21-24-19(25-31-21)13-4-2-6-16(22)10-13/h2,4,6-8,10-11,15H,3,5,9,12H2,1H3,(H,23,28). The number of benzene rings is 2. The van der Waals surface area contributed by atoms with Gasteiger partial charge in [0, 0.05) is 37.3 Å². The van der Waals surface area contributed by atoms with Crippen molar-refractivity contribution in [2.45, 2.75) is 18.8 Å². The highest BCUT2D eigenvalue weighted by Crippen LogP contribution is 2.35. The molecule has 1 atom stereocenters. The molecule has 0 saturated carbocycles. The number of nitrogens with zero attached hydrogens (tertiary/aromatic N) is 4. The third-order valence-electron chi connectivity index (χ3n) is 5.30. The molecule has 2 aromatic carbocycles. The van der Waals surface area contributed by atoms with E-state index in [-0.39, 0.29) is 28.9 Å². The molecule has 9 nitrogen and oxygen atoms in total. The molecular formula is C21H20FN5O4. The minimum absolute atomic E-state index is 0.123. The Bertz CT molecular complexity index is 1130. The highest BCUT2D eigenvalue weighted by atomic mass is 19.1. The van der Waals surface area contributed by atoms with Crippen LogP contribution in [-0.2, 0) is 0 Å². The molecule has 31 heavy (non-hydrogen) atoms. The van der Waals surface area contributed by atoms with Crippen LogP contribution in [0.4, 0.5) is 15.8 Å². The van der Waals surface area contributed by atoms with Gasteiger partial charge in [-0.15, -0.1) is 0 Å². The lowest BCUT2D eigenvalue weighted by Gasteiger charge is -2.32. The number of rotatable bonds is 5. The topological polar surface area (TPSA) is 114 Å². The van der Waals surface area contributed by atoms with Gasteiger partial charge in [0.2, 0.25) is 11.7 Å². The molecule has 1 unspecified atom stereocenters. The fourth-order valence-electron chi connectivity index (χ4n) is 3.77. The number of piperidine rings is 1. The van der Waals surface area contributed by atoms with Crippen molar-refractivity contribution in [3.8, 4) is 11.4 Å². The summed E-state index contributed by atoms with van der Waals surface area (Å²) in [5, 5.41) is 18.1. The van der Waals surface area contributed by atoms with E-state index in [1.54, 1.807) is 24.3 Å². The van der Waals surface area contributed by atoms with E-state index in [1.165, 1.54) is 25.2 Å². The fraction of sp³-hybridized carbons (Fsp3) is 0.286. The number of aromatic nitrogens is 2. The summed E-state index contributed by atoms with van der Waals surface area (Å²) in [4.78, 5) is 29.3. The van der Waals surface area contributed by atoms with Crippen LogP contribution in [0.1, 0.15) is 35.0 Å². The van der Waals surface area contributed by atoms with Crippen molar-refractivity contribution >= 4 is 17.3 Å². The minimum atomic E-state index is -0.486. The first-order valence-corrected chi connectivity index (χ1v) is 9.81. The molecule has 1 amide bonds. The molecule has 2 heterocycles. The number of nitro benzene ring substituents is 1. The first-order valence-electron chi connectivity index (χ1n) is 9.81. The smallest absolute Gasteiger partial charge is 0.293 e. The lowest BCUT2D eigenvalue weighted by Crippen LogP contribution is -2.35. The van der Waals surface area contributed by atoms with Gasteiger partial charge in [-0.05, 0) is 37.1 Å². The zero-order valence-electron chi connectivity index (χ0n) is 16.7. The van der Waals surface area contributed by atoms with Crippen LogP contribution in [0.5, 0.6) is 0 Å². The van der Waals surface area contributed by atoms with Crippen LogP contribution in [0.15, 0.2) is 47.0 Å². The van der Waals surface area contributed by atoms with Crippen molar-refractivity contribution in [1.82, 2.24) is 15.5 Å². The third kappa shape index (κ3) is 4.23. The summed E-state index contributed by atoms with van der Waals surface area (Å²) < 4.78 is 18.9. The Balaban J connectivity index is 1.58. The van der Waals surface area contributed by atoms with Crippen LogP contribution in [0, 0.1) is 15.9 Å². The number of nitro groups is 1. The van der Waals surface area contributed by atoms with Gasteiger partial charge in [0.15, 0.2) is 0 Å². The summed E-state index contributed by atoms with van der Waals surface area (Å²) in [6.45, 7) is 1.08. The number of hydrogen-bond acceptors (Lipinski definition) is 7. The van der Waals surface area contributed by atoms with E-state index in [4.69, 9.17) is 4.52 Å². The van der Waals surface area contributed by atoms with Gasteiger partial charge < -0.3 is 14.7 Å². The molecule has 0 radical (unpaired) electrons. The molecular weight excluding hydrogens is 405 g/mol. The molecule has 1 aliphatic heterocycles. The van der Waals surface area contributed by atoms with Crippen LogP contribution < -0.4 is 10.2 Å². The second kappa shape index (κ2) is 8.50. The van der Waals surface area contributed by atoms with E-state index < -0.39 is 4.92 Å². The number of carbonyl (C=O) groups is 1. The van der Waals surface area contributed by atoms with Gasteiger partial charge in [-0.1, -0.05) is 17.3 Å². The summed E-state index contributed by atoms with van der Waals surface area (Å²) >= 11 is 0. The summed E-state index contributed by atoms with van der Waals surface area (Å²) in [5.41, 5.74) is 1.05. The molecule has 1 N–H and O–H groups in total. The Morgan fingerprint density at radius 1 is 1.32 bits per heavy atom. The fourth-order valence-corrected chi connectivity index (χ4v) is 3.77. The Morgan fingerprint density at radius 2 is 2.16 bits per heavy atom. The van der Waals surface area contributed by atoms with Crippen molar-refractivity contribution in [2.75, 3.05) is 25.0 Å². The SMILES string of the molecule is CNC(=O)c1ccc(N2CCCC(c3nc(-c4cccc(F)c4)no3)C2)c([N+](=O)[O-])c1. The zero-order chi connectivity index (χ0) is 22.0. The van der Waals surface area contributed by atoms with E-state index >= 15 is 0 Å². The van der Waals surface area contributed by atoms with E-state index in [0.29, 0.717) is 36.1 Å². The largest absolute Gasteiger partial charge is 0.365 e. The monoisotopic (exact) mass is 425 g/mol. The predicted molar refractivity (Wildman–Crippen MR) is 110 cm³/mol. The van der Waals surface area contributed by atoms with Crippen molar-refractivity contribution in [1.29, 1.82) is 0 Å². The first kappa shape index (κ1) is 20.5. The Hall–Kier alpha value is -3.82. The van der Waals surface area contributed by atoms with Gasteiger partial charge in [-0.2, -0.15) is 4.98 Å². The van der Waals surface area contributed by atoms with Gasteiger partial charge in [0.25, 0.3) is 11.6 Å². The lowest BCUT2D eigenvalue weighted by molar-refractivity contribution is -0.384. The Morgan fingerprint density at radius 3 is 2.90 bits per heavy atom. The van der Waals surface area contributed by atoms with Crippen molar-refractivity contribution in [2.24, 2.45) is 0 Å². The van der Waals surface area contributed by atoms with E-state index in [2.05, 4.69) is 15.5 Å². The molecule has 0 spiro atoms. The van der Waals surface area contributed by atoms with Gasteiger partial charge in [0.1, 0.15) is 11.5 Å². The van der Waals surface area contributed by atoms with E-state index in [1.807, 2.05) is 4.90 Å². The van der Waals surface area contributed by atoms with E-state index in [0.717, 1.165) is 12.8 Å². The highest BCUT2D eigenvalue weighted by molar-refractivity contribution is 5.95. The third-order valence-corrected chi connectivity index (χ3v) is 5.30. The van der Waals surface area contributed by atoms with Crippen LogP contribution in [0.3, 0.4) is 0 Å². The van der Waals surface area contributed by atoms with Crippen LogP contribution in [-0.4, -0.2) is 41.1 Å². The normalized spacial score (nSPS) is 16.2. The molecule has 0 aliphatic carbocycles. The highest BCUT2D eigenvalue weighted by Gasteiger charge is 2.30. The van der Waals surface area contributed by atoms with Crippen molar-refractivity contribution in [3.05, 3.63) is 69.9 Å². The van der Waals surface area contributed by atoms with E-state index in [9.17, 15) is 19.3 Å². The summed E-state index contributed by atoms with van der Waals surface area (Å²) in [7, 11) is 1.47. The van der Waals surface area contributed by atoms with Crippen LogP contribution in [0.25, 0.3) is 11.4 Å². The molecule has 1 fully saturated rings. The number of amides is 1. The quantitative estimate of drug-likeness (QED) is 0.491. The van der Waals surface area contributed by atoms with Gasteiger partial charge in [-0.25, -0.2) is 4.39 Å². The molecule has 1 saturated heterocycles. The summed E-state index contributed by atoms with van der Waals surface area (Å²) in [5.74, 6) is -0.190. The van der Waals surface area contributed by atoms with Crippen LogP contribution >= 0.6 is 0 Å². The number of anilines is 1. The van der Waals surface area contributed by atoms with Crippen molar-refractivity contribution in [3.63, 3.8) is 0 Å².